The van der Waals surface area contributed by atoms with Crippen molar-refractivity contribution in [1.29, 1.82) is 0 Å². The predicted molar refractivity (Wildman–Crippen MR) is 90.3 cm³/mol. The molecule has 1 N–H and O–H groups in total. The van der Waals surface area contributed by atoms with Gasteiger partial charge in [-0.2, -0.15) is 10.2 Å². The second-order valence-electron chi connectivity index (χ2n) is 5.88. The molecule has 2 aromatic heterocycles. The first-order valence-corrected chi connectivity index (χ1v) is 8.25. The quantitative estimate of drug-likeness (QED) is 0.662. The Labute approximate surface area is 137 Å². The molecule has 0 saturated carbocycles. The van der Waals surface area contributed by atoms with Crippen LogP contribution >= 0.6 is 0 Å². The molecule has 1 atom stereocenters. The lowest BCUT2D eigenvalue weighted by Gasteiger charge is -2.21. The minimum atomic E-state index is 0.540. The summed E-state index contributed by atoms with van der Waals surface area (Å²) in [4.78, 5) is 7.10. The summed E-state index contributed by atoms with van der Waals surface area (Å²) in [5, 5.41) is 11.9. The van der Waals surface area contributed by atoms with Crippen LogP contribution in [0, 0.1) is 0 Å². The molecule has 7 nitrogen and oxygen atoms in total. The van der Waals surface area contributed by atoms with Gasteiger partial charge in [0.05, 0.1) is 19.3 Å². The third-order valence-corrected chi connectivity index (χ3v) is 4.17. The third-order valence-electron chi connectivity index (χ3n) is 4.17. The van der Waals surface area contributed by atoms with Crippen molar-refractivity contribution in [2.75, 3.05) is 26.2 Å². The molecule has 0 radical (unpaired) electrons. The number of nitrogens with zero attached hydrogens (tertiary/aromatic N) is 6. The van der Waals surface area contributed by atoms with E-state index in [9.17, 15) is 0 Å². The molecule has 0 amide bonds. The Morgan fingerprint density at radius 1 is 1.43 bits per heavy atom. The lowest BCUT2D eigenvalue weighted by atomic mass is 10.0. The number of nitrogens with one attached hydrogen (secondary N) is 1. The van der Waals surface area contributed by atoms with E-state index >= 15 is 0 Å². The zero-order valence-electron chi connectivity index (χ0n) is 13.9. The molecule has 1 aliphatic rings. The minimum absolute atomic E-state index is 0.540. The first-order valence-electron chi connectivity index (χ1n) is 8.25. The van der Waals surface area contributed by atoms with Gasteiger partial charge >= 0.3 is 0 Å². The van der Waals surface area contributed by atoms with Gasteiger partial charge in [-0.15, -0.1) is 0 Å². The smallest absolute Gasteiger partial charge is 0.193 e. The molecule has 1 saturated heterocycles. The van der Waals surface area contributed by atoms with Crippen LogP contribution in [0.1, 0.15) is 24.8 Å². The highest BCUT2D eigenvalue weighted by Crippen LogP contribution is 2.26. The summed E-state index contributed by atoms with van der Waals surface area (Å²) in [5.74, 6) is 1.55. The van der Waals surface area contributed by atoms with Crippen LogP contribution < -0.4 is 5.32 Å². The molecule has 2 aromatic rings. The molecule has 3 rings (SSSR count). The average molecular weight is 315 g/mol. The average Bonchev–Trinajstić information content (AvgIpc) is 3.27. The van der Waals surface area contributed by atoms with Gasteiger partial charge in [-0.1, -0.05) is 0 Å². The number of guanidine groups is 1. The van der Waals surface area contributed by atoms with Crippen LogP contribution in [0.15, 0.2) is 35.8 Å². The first kappa shape index (κ1) is 15.6. The van der Waals surface area contributed by atoms with Gasteiger partial charge in [0.1, 0.15) is 0 Å². The highest BCUT2D eigenvalue weighted by atomic mass is 15.3. The van der Waals surface area contributed by atoms with E-state index in [4.69, 9.17) is 4.99 Å². The summed E-state index contributed by atoms with van der Waals surface area (Å²) < 4.78 is 3.79. The van der Waals surface area contributed by atoms with E-state index < -0.39 is 0 Å². The van der Waals surface area contributed by atoms with Gasteiger partial charge in [-0.25, -0.2) is 0 Å². The molecule has 1 aliphatic heterocycles. The van der Waals surface area contributed by atoms with Crippen molar-refractivity contribution in [3.8, 4) is 0 Å². The summed E-state index contributed by atoms with van der Waals surface area (Å²) in [6.45, 7) is 6.57. The van der Waals surface area contributed by atoms with Crippen molar-refractivity contribution < 1.29 is 0 Å². The maximum Gasteiger partial charge on any atom is 0.193 e. The lowest BCUT2D eigenvalue weighted by molar-refractivity contribution is 0.483. The molecule has 1 fully saturated rings. The van der Waals surface area contributed by atoms with Crippen molar-refractivity contribution in [2.45, 2.75) is 25.8 Å². The Morgan fingerprint density at radius 2 is 2.35 bits per heavy atom. The Balaban J connectivity index is 1.59. The zero-order chi connectivity index (χ0) is 16.1. The number of aryl methyl sites for hydroxylation is 1. The Kier molecular flexibility index (Phi) is 4.95. The lowest BCUT2D eigenvalue weighted by Crippen LogP contribution is -2.40. The molecule has 0 aliphatic carbocycles. The number of rotatable bonds is 5. The third kappa shape index (κ3) is 3.91. The van der Waals surface area contributed by atoms with Crippen molar-refractivity contribution in [2.24, 2.45) is 12.0 Å². The molecule has 0 aromatic carbocycles. The van der Waals surface area contributed by atoms with Gasteiger partial charge in [0.25, 0.3) is 0 Å². The number of aromatic nitrogens is 4. The molecule has 0 spiro atoms. The van der Waals surface area contributed by atoms with Gasteiger partial charge in [-0.3, -0.25) is 14.4 Å². The summed E-state index contributed by atoms with van der Waals surface area (Å²) in [6.07, 6.45) is 9.02. The molecule has 7 heteroatoms. The zero-order valence-corrected chi connectivity index (χ0v) is 13.9. The fourth-order valence-corrected chi connectivity index (χ4v) is 2.99. The Bertz CT molecular complexity index is 629. The standard InChI is InChI=1S/C16H25N7/c1-3-17-16(18-7-10-23-8-4-6-19-23)22-9-5-14(13-22)15-11-20-21(2)12-15/h4,6,8,11-12,14H,3,5,7,9-10,13H2,1-2H3,(H,17,18). The Hall–Kier alpha value is -2.31. The van der Waals surface area contributed by atoms with Crippen molar-refractivity contribution in [3.05, 3.63) is 36.4 Å². The predicted octanol–water partition coefficient (Wildman–Crippen LogP) is 1.07. The van der Waals surface area contributed by atoms with Gasteiger partial charge in [0.2, 0.25) is 0 Å². The monoisotopic (exact) mass is 315 g/mol. The van der Waals surface area contributed by atoms with E-state index in [2.05, 4.69) is 33.5 Å². The van der Waals surface area contributed by atoms with Gasteiger partial charge < -0.3 is 10.2 Å². The number of hydrogen-bond acceptors (Lipinski definition) is 3. The second-order valence-corrected chi connectivity index (χ2v) is 5.88. The van der Waals surface area contributed by atoms with E-state index in [1.165, 1.54) is 5.56 Å². The van der Waals surface area contributed by atoms with E-state index in [-0.39, 0.29) is 0 Å². The second kappa shape index (κ2) is 7.30. The van der Waals surface area contributed by atoms with Gasteiger partial charge in [0, 0.05) is 51.2 Å². The SMILES string of the molecule is CCNC(=NCCn1cccn1)N1CCC(c2cnn(C)c2)C1. The topological polar surface area (TPSA) is 63.3 Å². The fourth-order valence-electron chi connectivity index (χ4n) is 2.99. The van der Waals surface area contributed by atoms with Crippen molar-refractivity contribution >= 4 is 5.96 Å². The molecular formula is C16H25N7. The molecule has 124 valence electrons. The summed E-state index contributed by atoms with van der Waals surface area (Å²) in [5.41, 5.74) is 1.32. The summed E-state index contributed by atoms with van der Waals surface area (Å²) in [7, 11) is 1.97. The largest absolute Gasteiger partial charge is 0.357 e. The number of aliphatic imine (C=N–C) groups is 1. The van der Waals surface area contributed by atoms with E-state index in [0.717, 1.165) is 45.1 Å². The summed E-state index contributed by atoms with van der Waals surface area (Å²) in [6, 6.07) is 1.94. The summed E-state index contributed by atoms with van der Waals surface area (Å²) >= 11 is 0. The van der Waals surface area contributed by atoms with E-state index in [1.54, 1.807) is 6.20 Å². The number of hydrogen-bond donors (Lipinski definition) is 1. The molecular weight excluding hydrogens is 290 g/mol. The first-order chi connectivity index (χ1) is 11.3. The van der Waals surface area contributed by atoms with Crippen LogP contribution in [0.3, 0.4) is 0 Å². The maximum atomic E-state index is 4.75. The fraction of sp³-hybridized carbons (Fsp3) is 0.562. The van der Waals surface area contributed by atoms with Gasteiger partial charge in [-0.05, 0) is 25.0 Å². The van der Waals surface area contributed by atoms with Crippen molar-refractivity contribution in [3.63, 3.8) is 0 Å². The molecule has 1 unspecified atom stereocenters. The number of likely N-dealkylation sites (tertiary alicyclic amines) is 1. The van der Waals surface area contributed by atoms with Crippen LogP contribution in [0.2, 0.25) is 0 Å². The van der Waals surface area contributed by atoms with E-state index in [0.29, 0.717) is 5.92 Å². The molecule has 23 heavy (non-hydrogen) atoms. The molecule has 3 heterocycles. The highest BCUT2D eigenvalue weighted by molar-refractivity contribution is 5.80. The van der Waals surface area contributed by atoms with Crippen LogP contribution in [0.25, 0.3) is 0 Å². The normalized spacial score (nSPS) is 18.6. The van der Waals surface area contributed by atoms with Crippen LogP contribution in [0.5, 0.6) is 0 Å². The van der Waals surface area contributed by atoms with Crippen LogP contribution in [-0.4, -0.2) is 56.6 Å². The van der Waals surface area contributed by atoms with E-state index in [1.807, 2.05) is 34.9 Å². The highest BCUT2D eigenvalue weighted by Gasteiger charge is 2.26. The maximum absolute atomic E-state index is 4.75. The van der Waals surface area contributed by atoms with Crippen LogP contribution in [-0.2, 0) is 13.6 Å². The van der Waals surface area contributed by atoms with Crippen LogP contribution in [0.4, 0.5) is 0 Å². The minimum Gasteiger partial charge on any atom is -0.357 e. The van der Waals surface area contributed by atoms with Gasteiger partial charge in [0.15, 0.2) is 5.96 Å². The van der Waals surface area contributed by atoms with Crippen molar-refractivity contribution in [1.82, 2.24) is 29.8 Å². The Morgan fingerprint density at radius 3 is 3.04 bits per heavy atom. The molecule has 0 bridgehead atoms.